The molecule has 2 aromatic heterocycles. The molecule has 0 aliphatic heterocycles. The first-order chi connectivity index (χ1) is 21.3. The first kappa shape index (κ1) is 23.6. The van der Waals surface area contributed by atoms with Crippen molar-refractivity contribution < 1.29 is 4.42 Å². The maximum atomic E-state index is 7.49. The van der Waals surface area contributed by atoms with E-state index in [1.807, 2.05) is 42.5 Å². The van der Waals surface area contributed by atoms with E-state index in [1.165, 1.54) is 27.2 Å². The summed E-state index contributed by atoms with van der Waals surface area (Å²) in [5.41, 5.74) is 8.87. The van der Waals surface area contributed by atoms with Crippen LogP contribution in [0.2, 0.25) is 0 Å². The molecule has 0 N–H and O–H groups in total. The quantitative estimate of drug-likeness (QED) is 0.161. The largest absolute Gasteiger partial charge is 0.456 e. The van der Waals surface area contributed by atoms with Gasteiger partial charge in [0, 0.05) is 50.1 Å². The van der Waals surface area contributed by atoms with Crippen molar-refractivity contribution in [3.05, 3.63) is 151 Å². The number of aromatic nitrogens is 1. The summed E-state index contributed by atoms with van der Waals surface area (Å²) in [6.07, 6.45) is 0. The number of para-hydroxylation sites is 2. The number of furan rings is 1. The van der Waals surface area contributed by atoms with E-state index in [1.54, 1.807) is 0 Å². The fraction of sp³-hybridized carbons (Fsp3) is 0. The van der Waals surface area contributed by atoms with Crippen molar-refractivity contribution in [3.63, 3.8) is 0 Å². The molecule has 7 aromatic carbocycles. The minimum Gasteiger partial charge on any atom is -0.456 e. The van der Waals surface area contributed by atoms with E-state index in [2.05, 4.69) is 111 Å². The second-order valence-electron chi connectivity index (χ2n) is 10.9. The number of fused-ring (bicyclic) bond motifs is 3. The number of anilines is 3. The molecule has 0 bridgehead atoms. The Balaban J connectivity index is 1.35. The lowest BCUT2D eigenvalue weighted by molar-refractivity contribution is 0.669. The van der Waals surface area contributed by atoms with Gasteiger partial charge in [-0.25, -0.2) is 4.85 Å². The Hall–Kier alpha value is -6.05. The van der Waals surface area contributed by atoms with Crippen LogP contribution in [0.25, 0.3) is 65.0 Å². The third-order valence-corrected chi connectivity index (χ3v) is 8.55. The molecule has 0 saturated heterocycles. The Labute approximate surface area is 247 Å². The van der Waals surface area contributed by atoms with Crippen LogP contribution >= 0.6 is 0 Å². The van der Waals surface area contributed by atoms with Gasteiger partial charge in [-0.15, -0.1) is 0 Å². The topological polar surface area (TPSA) is 25.7 Å². The van der Waals surface area contributed by atoms with Gasteiger partial charge in [0.05, 0.1) is 23.3 Å². The molecular weight excluding hydrogens is 526 g/mol. The number of hydrogen-bond acceptors (Lipinski definition) is 2. The Kier molecular flexibility index (Phi) is 4.93. The van der Waals surface area contributed by atoms with Gasteiger partial charge in [0.15, 0.2) is 5.69 Å². The third-order valence-electron chi connectivity index (χ3n) is 8.55. The molecular formula is C39H23N3O. The second kappa shape index (κ2) is 8.97. The lowest BCUT2D eigenvalue weighted by Gasteiger charge is -2.27. The lowest BCUT2D eigenvalue weighted by atomic mass is 10.00. The van der Waals surface area contributed by atoms with Gasteiger partial charge in [-0.3, -0.25) is 0 Å². The summed E-state index contributed by atoms with van der Waals surface area (Å²) in [6, 6.07) is 48.5. The maximum absolute atomic E-state index is 7.49. The molecule has 0 aliphatic rings. The van der Waals surface area contributed by atoms with Crippen LogP contribution in [0.15, 0.2) is 144 Å². The van der Waals surface area contributed by atoms with Crippen LogP contribution in [0.4, 0.5) is 22.7 Å². The van der Waals surface area contributed by atoms with Crippen LogP contribution in [0.1, 0.15) is 0 Å². The monoisotopic (exact) mass is 549 g/mol. The summed E-state index contributed by atoms with van der Waals surface area (Å²) in [6.45, 7) is 7.49. The number of hydrogen-bond donors (Lipinski definition) is 0. The molecule has 4 nitrogen and oxygen atoms in total. The predicted molar refractivity (Wildman–Crippen MR) is 178 cm³/mol. The second-order valence-corrected chi connectivity index (χ2v) is 10.9. The molecule has 0 radical (unpaired) electrons. The highest BCUT2D eigenvalue weighted by atomic mass is 16.3. The molecule has 0 saturated carbocycles. The van der Waals surface area contributed by atoms with Crippen molar-refractivity contribution in [3.8, 4) is 5.69 Å². The maximum Gasteiger partial charge on any atom is 0.187 e. The van der Waals surface area contributed by atoms with Gasteiger partial charge in [-0.2, -0.15) is 0 Å². The molecule has 0 spiro atoms. The summed E-state index contributed by atoms with van der Waals surface area (Å²) in [4.78, 5) is 5.91. The van der Waals surface area contributed by atoms with Crippen molar-refractivity contribution in [2.24, 2.45) is 0 Å². The van der Waals surface area contributed by atoms with Crippen LogP contribution in [0, 0.1) is 6.57 Å². The van der Waals surface area contributed by atoms with E-state index in [-0.39, 0.29) is 0 Å². The van der Waals surface area contributed by atoms with Crippen LogP contribution in [0.3, 0.4) is 0 Å². The molecule has 0 aliphatic carbocycles. The van der Waals surface area contributed by atoms with Gasteiger partial charge in [0.1, 0.15) is 11.2 Å². The number of nitrogens with zero attached hydrogens (tertiary/aromatic N) is 3. The highest BCUT2D eigenvalue weighted by Crippen LogP contribution is 2.46. The molecule has 4 heteroatoms. The first-order valence-corrected chi connectivity index (χ1v) is 14.3. The molecule has 0 atom stereocenters. The van der Waals surface area contributed by atoms with Gasteiger partial charge in [0.2, 0.25) is 0 Å². The van der Waals surface area contributed by atoms with E-state index < -0.39 is 0 Å². The van der Waals surface area contributed by atoms with Crippen LogP contribution in [0.5, 0.6) is 0 Å². The molecule has 0 fully saturated rings. The summed E-state index contributed by atoms with van der Waals surface area (Å²) in [5, 5.41) is 7.08. The van der Waals surface area contributed by atoms with Gasteiger partial charge < -0.3 is 13.9 Å². The smallest absolute Gasteiger partial charge is 0.187 e. The van der Waals surface area contributed by atoms with Crippen molar-refractivity contribution in [2.45, 2.75) is 0 Å². The fourth-order valence-electron chi connectivity index (χ4n) is 6.68. The van der Waals surface area contributed by atoms with E-state index in [0.29, 0.717) is 5.69 Å². The average molecular weight is 550 g/mol. The van der Waals surface area contributed by atoms with Crippen molar-refractivity contribution in [1.82, 2.24) is 4.57 Å². The van der Waals surface area contributed by atoms with Crippen LogP contribution in [-0.2, 0) is 0 Å². The summed E-state index contributed by atoms with van der Waals surface area (Å²) < 4.78 is 8.68. The Morgan fingerprint density at radius 2 is 1.30 bits per heavy atom. The van der Waals surface area contributed by atoms with Crippen molar-refractivity contribution in [1.29, 1.82) is 0 Å². The van der Waals surface area contributed by atoms with Gasteiger partial charge in [0.25, 0.3) is 0 Å². The van der Waals surface area contributed by atoms with Gasteiger partial charge in [-0.1, -0.05) is 72.8 Å². The minimum atomic E-state index is 0.615. The number of rotatable bonds is 4. The SMILES string of the molecule is [C-]#[N+]c1ccc(N(c2ccc3c(c2)oc2ccccc23)c2ccc3c4c2ccc2cccc(c24)n3-c2ccccc2)cc1. The molecule has 9 aromatic rings. The number of benzene rings is 7. The summed E-state index contributed by atoms with van der Waals surface area (Å²) in [5.74, 6) is 0. The zero-order chi connectivity index (χ0) is 28.5. The van der Waals surface area contributed by atoms with Gasteiger partial charge in [-0.05, 0) is 66.0 Å². The van der Waals surface area contributed by atoms with E-state index in [4.69, 9.17) is 11.0 Å². The van der Waals surface area contributed by atoms with Crippen molar-refractivity contribution >= 4 is 77.3 Å². The standard InChI is InChI=1S/C39H23N3O/c1-40-26-15-17-28(18-16-26)41(29-19-21-31-30-11-5-6-13-36(30)43-37(31)24-29)33-22-23-35-39-32(33)20-14-25-8-7-12-34(38(25)39)42(35)27-9-3-2-4-10-27/h2-24H. The van der Waals surface area contributed by atoms with E-state index in [9.17, 15) is 0 Å². The Morgan fingerprint density at radius 1 is 0.558 bits per heavy atom. The predicted octanol–water partition coefficient (Wildman–Crippen LogP) is 11.3. The normalized spacial score (nSPS) is 11.7. The average Bonchev–Trinajstić information content (AvgIpc) is 3.61. The van der Waals surface area contributed by atoms with Crippen LogP contribution < -0.4 is 4.90 Å². The highest BCUT2D eigenvalue weighted by Gasteiger charge is 2.22. The Bertz CT molecular complexity index is 2510. The first-order valence-electron chi connectivity index (χ1n) is 14.3. The minimum absolute atomic E-state index is 0.615. The third kappa shape index (κ3) is 3.43. The van der Waals surface area contributed by atoms with E-state index >= 15 is 0 Å². The summed E-state index contributed by atoms with van der Waals surface area (Å²) in [7, 11) is 0. The Morgan fingerprint density at radius 3 is 2.16 bits per heavy atom. The fourth-order valence-corrected chi connectivity index (χ4v) is 6.68. The molecule has 0 unspecified atom stereocenters. The summed E-state index contributed by atoms with van der Waals surface area (Å²) >= 11 is 0. The van der Waals surface area contributed by atoms with Crippen LogP contribution in [-0.4, -0.2) is 4.57 Å². The molecule has 43 heavy (non-hydrogen) atoms. The molecule has 2 heterocycles. The van der Waals surface area contributed by atoms with Gasteiger partial charge >= 0.3 is 0 Å². The van der Waals surface area contributed by atoms with Crippen molar-refractivity contribution in [2.75, 3.05) is 4.90 Å². The lowest BCUT2D eigenvalue weighted by Crippen LogP contribution is -2.10. The zero-order valence-electron chi connectivity index (χ0n) is 23.0. The molecule has 200 valence electrons. The highest BCUT2D eigenvalue weighted by molar-refractivity contribution is 6.27. The molecule has 0 amide bonds. The zero-order valence-corrected chi connectivity index (χ0v) is 23.0. The molecule has 9 rings (SSSR count). The van der Waals surface area contributed by atoms with E-state index in [0.717, 1.165) is 50.1 Å².